The molecule has 1 atom stereocenters. The minimum Gasteiger partial charge on any atom is -0.396 e. The van der Waals surface area contributed by atoms with E-state index >= 15 is 0 Å². The Labute approximate surface area is 70.9 Å². The summed E-state index contributed by atoms with van der Waals surface area (Å²) in [5.41, 5.74) is 1.05. The van der Waals surface area contributed by atoms with E-state index in [9.17, 15) is 0 Å². The molecule has 1 heterocycles. The number of aromatic nitrogens is 1. The van der Waals surface area contributed by atoms with E-state index in [4.69, 9.17) is 5.11 Å². The highest BCUT2D eigenvalue weighted by atomic mass is 32.1. The Hall–Kier alpha value is -0.410. The van der Waals surface area contributed by atoms with Crippen molar-refractivity contribution in [3.8, 4) is 0 Å². The van der Waals surface area contributed by atoms with E-state index in [-0.39, 0.29) is 12.5 Å². The molecule has 0 aromatic carbocycles. The fourth-order valence-corrected chi connectivity index (χ4v) is 1.92. The standard InChI is InChI=1S/C8H13NOS/c1-3-7(4-10)8-9-6(2)5-11-8/h5,7,10H,3-4H2,1-2H3. The normalized spacial score (nSPS) is 13.4. The van der Waals surface area contributed by atoms with Gasteiger partial charge in [0.2, 0.25) is 0 Å². The van der Waals surface area contributed by atoms with Gasteiger partial charge < -0.3 is 5.11 Å². The van der Waals surface area contributed by atoms with Crippen LogP contribution in [-0.2, 0) is 0 Å². The second-order valence-electron chi connectivity index (χ2n) is 2.61. The Balaban J connectivity index is 2.73. The van der Waals surface area contributed by atoms with Gasteiger partial charge in [0, 0.05) is 17.0 Å². The molecule has 0 saturated heterocycles. The van der Waals surface area contributed by atoms with Crippen LogP contribution < -0.4 is 0 Å². The fraction of sp³-hybridized carbons (Fsp3) is 0.625. The summed E-state index contributed by atoms with van der Waals surface area (Å²) in [6.45, 7) is 4.26. The molecule has 0 spiro atoms. The lowest BCUT2D eigenvalue weighted by molar-refractivity contribution is 0.262. The van der Waals surface area contributed by atoms with Gasteiger partial charge in [-0.1, -0.05) is 6.92 Å². The smallest absolute Gasteiger partial charge is 0.0981 e. The first kappa shape index (κ1) is 8.68. The molecule has 2 nitrogen and oxygen atoms in total. The molecule has 0 fully saturated rings. The van der Waals surface area contributed by atoms with Crippen LogP contribution in [0.4, 0.5) is 0 Å². The maximum absolute atomic E-state index is 8.96. The van der Waals surface area contributed by atoms with Crippen LogP contribution in [0, 0.1) is 6.92 Å². The number of rotatable bonds is 3. The second kappa shape index (κ2) is 3.83. The molecule has 0 amide bonds. The number of aryl methyl sites for hydroxylation is 1. The monoisotopic (exact) mass is 171 g/mol. The van der Waals surface area contributed by atoms with Crippen molar-refractivity contribution in [2.24, 2.45) is 0 Å². The predicted molar refractivity (Wildman–Crippen MR) is 47.0 cm³/mol. The van der Waals surface area contributed by atoms with Crippen molar-refractivity contribution >= 4 is 11.3 Å². The van der Waals surface area contributed by atoms with Gasteiger partial charge in [0.25, 0.3) is 0 Å². The van der Waals surface area contributed by atoms with Crippen molar-refractivity contribution in [3.63, 3.8) is 0 Å². The molecule has 0 aliphatic rings. The first-order valence-corrected chi connectivity index (χ1v) is 4.68. The SMILES string of the molecule is CCC(CO)c1nc(C)cs1. The van der Waals surface area contributed by atoms with Crippen LogP contribution in [0.3, 0.4) is 0 Å². The van der Waals surface area contributed by atoms with Gasteiger partial charge in [0.15, 0.2) is 0 Å². The van der Waals surface area contributed by atoms with Crippen LogP contribution in [0.2, 0.25) is 0 Å². The molecule has 1 rings (SSSR count). The van der Waals surface area contributed by atoms with E-state index in [0.29, 0.717) is 0 Å². The van der Waals surface area contributed by atoms with Crippen LogP contribution in [0.5, 0.6) is 0 Å². The van der Waals surface area contributed by atoms with Crippen LogP contribution in [-0.4, -0.2) is 16.7 Å². The maximum atomic E-state index is 8.96. The Morgan fingerprint density at radius 2 is 2.45 bits per heavy atom. The molecule has 11 heavy (non-hydrogen) atoms. The van der Waals surface area contributed by atoms with E-state index in [0.717, 1.165) is 17.1 Å². The van der Waals surface area contributed by atoms with Gasteiger partial charge in [0.05, 0.1) is 11.6 Å². The average Bonchev–Trinajstić information content (AvgIpc) is 2.39. The fourth-order valence-electron chi connectivity index (χ4n) is 0.941. The molecule has 62 valence electrons. The zero-order valence-corrected chi connectivity index (χ0v) is 7.69. The molecule has 3 heteroatoms. The number of aliphatic hydroxyl groups excluding tert-OH is 1. The summed E-state index contributed by atoms with van der Waals surface area (Å²) in [5.74, 6) is 0.244. The van der Waals surface area contributed by atoms with Crippen molar-refractivity contribution < 1.29 is 5.11 Å². The van der Waals surface area contributed by atoms with Crippen molar-refractivity contribution in [1.82, 2.24) is 4.98 Å². The summed E-state index contributed by atoms with van der Waals surface area (Å²) in [7, 11) is 0. The zero-order valence-electron chi connectivity index (χ0n) is 6.87. The lowest BCUT2D eigenvalue weighted by Crippen LogP contribution is -2.01. The predicted octanol–water partition coefficient (Wildman–Crippen LogP) is 1.94. The lowest BCUT2D eigenvalue weighted by Gasteiger charge is -2.05. The van der Waals surface area contributed by atoms with Gasteiger partial charge in [-0.2, -0.15) is 0 Å². The van der Waals surface area contributed by atoms with Gasteiger partial charge in [0.1, 0.15) is 0 Å². The summed E-state index contributed by atoms with van der Waals surface area (Å²) in [6, 6.07) is 0. The van der Waals surface area contributed by atoms with Gasteiger partial charge >= 0.3 is 0 Å². The summed E-state index contributed by atoms with van der Waals surface area (Å²) >= 11 is 1.64. The summed E-state index contributed by atoms with van der Waals surface area (Å²) in [6.07, 6.45) is 0.962. The molecule has 0 saturated carbocycles. The van der Waals surface area contributed by atoms with Crippen molar-refractivity contribution in [2.45, 2.75) is 26.2 Å². The third kappa shape index (κ3) is 2.01. The van der Waals surface area contributed by atoms with E-state index < -0.39 is 0 Å². The van der Waals surface area contributed by atoms with Crippen LogP contribution in [0.25, 0.3) is 0 Å². The zero-order chi connectivity index (χ0) is 8.27. The average molecular weight is 171 g/mol. The van der Waals surface area contributed by atoms with Gasteiger partial charge in [-0.3, -0.25) is 0 Å². The Kier molecular flexibility index (Phi) is 3.02. The van der Waals surface area contributed by atoms with E-state index in [1.54, 1.807) is 11.3 Å². The number of nitrogens with zero attached hydrogens (tertiary/aromatic N) is 1. The number of hydrogen-bond donors (Lipinski definition) is 1. The number of thiazole rings is 1. The first-order valence-electron chi connectivity index (χ1n) is 3.80. The molecular formula is C8H13NOS. The lowest BCUT2D eigenvalue weighted by atomic mass is 10.1. The van der Waals surface area contributed by atoms with Crippen molar-refractivity contribution in [1.29, 1.82) is 0 Å². The molecular weight excluding hydrogens is 158 g/mol. The molecule has 1 aromatic heterocycles. The van der Waals surface area contributed by atoms with Gasteiger partial charge in [-0.05, 0) is 13.3 Å². The molecule has 1 aromatic rings. The topological polar surface area (TPSA) is 33.1 Å². The van der Waals surface area contributed by atoms with Crippen molar-refractivity contribution in [3.05, 3.63) is 16.1 Å². The highest BCUT2D eigenvalue weighted by Gasteiger charge is 2.10. The molecule has 0 aliphatic heterocycles. The van der Waals surface area contributed by atoms with Crippen molar-refractivity contribution in [2.75, 3.05) is 6.61 Å². The molecule has 0 radical (unpaired) electrons. The second-order valence-corrected chi connectivity index (χ2v) is 3.50. The third-order valence-corrected chi connectivity index (χ3v) is 2.82. The maximum Gasteiger partial charge on any atom is 0.0981 e. The highest BCUT2D eigenvalue weighted by molar-refractivity contribution is 7.09. The Morgan fingerprint density at radius 1 is 1.73 bits per heavy atom. The Bertz CT molecular complexity index is 218. The number of aliphatic hydroxyl groups is 1. The van der Waals surface area contributed by atoms with E-state index in [1.165, 1.54) is 0 Å². The molecule has 1 unspecified atom stereocenters. The third-order valence-electron chi connectivity index (χ3n) is 1.70. The van der Waals surface area contributed by atoms with Gasteiger partial charge in [-0.15, -0.1) is 11.3 Å². The summed E-state index contributed by atoms with van der Waals surface area (Å²) < 4.78 is 0. The Morgan fingerprint density at radius 3 is 2.82 bits per heavy atom. The van der Waals surface area contributed by atoms with E-state index in [2.05, 4.69) is 11.9 Å². The molecule has 0 aliphatic carbocycles. The van der Waals surface area contributed by atoms with Crippen LogP contribution in [0.15, 0.2) is 5.38 Å². The number of hydrogen-bond acceptors (Lipinski definition) is 3. The van der Waals surface area contributed by atoms with Gasteiger partial charge in [-0.25, -0.2) is 4.98 Å². The van der Waals surface area contributed by atoms with Crippen LogP contribution in [0.1, 0.15) is 30.0 Å². The highest BCUT2D eigenvalue weighted by Crippen LogP contribution is 2.22. The molecule has 0 bridgehead atoms. The quantitative estimate of drug-likeness (QED) is 0.754. The first-order chi connectivity index (χ1) is 5.27. The summed E-state index contributed by atoms with van der Waals surface area (Å²) in [4.78, 5) is 4.31. The molecule has 1 N–H and O–H groups in total. The summed E-state index contributed by atoms with van der Waals surface area (Å²) in [5, 5.41) is 12.0. The minimum absolute atomic E-state index is 0.212. The van der Waals surface area contributed by atoms with E-state index in [1.807, 2.05) is 12.3 Å². The van der Waals surface area contributed by atoms with Crippen LogP contribution >= 0.6 is 11.3 Å². The minimum atomic E-state index is 0.212. The largest absolute Gasteiger partial charge is 0.396 e.